The Balaban J connectivity index is 1.57. The lowest BCUT2D eigenvalue weighted by atomic mass is 10.1. The number of carbonyl (C=O) groups is 2. The number of aromatic nitrogens is 2. The van der Waals surface area contributed by atoms with Gasteiger partial charge in [-0.25, -0.2) is 8.78 Å². The number of rotatable bonds is 6. The Hall–Kier alpha value is -2.81. The van der Waals surface area contributed by atoms with Crippen LogP contribution in [0.25, 0.3) is 0 Å². The van der Waals surface area contributed by atoms with Gasteiger partial charge >= 0.3 is 0 Å². The number of hydrogen-bond donors (Lipinski definition) is 1. The Kier molecular flexibility index (Phi) is 5.80. The third kappa shape index (κ3) is 4.68. The molecular weight excluding hydrogens is 356 g/mol. The van der Waals surface area contributed by atoms with Gasteiger partial charge in [-0.1, -0.05) is 12.1 Å². The number of halogens is 2. The Morgan fingerprint density at radius 1 is 1.15 bits per heavy atom. The molecule has 2 heterocycles. The molecule has 0 bridgehead atoms. The van der Waals surface area contributed by atoms with Crippen molar-refractivity contribution in [1.29, 1.82) is 0 Å². The van der Waals surface area contributed by atoms with Crippen molar-refractivity contribution in [3.63, 3.8) is 0 Å². The molecule has 2 aromatic rings. The third-order valence-electron chi connectivity index (χ3n) is 4.52. The number of piperazine rings is 1. The molecule has 27 heavy (non-hydrogen) atoms. The monoisotopic (exact) mass is 377 g/mol. The molecule has 0 aliphatic carbocycles. The van der Waals surface area contributed by atoms with Gasteiger partial charge in [0.2, 0.25) is 5.91 Å². The molecule has 7 nitrogen and oxygen atoms in total. The van der Waals surface area contributed by atoms with Crippen molar-refractivity contribution in [2.24, 2.45) is 5.73 Å². The first-order valence-electron chi connectivity index (χ1n) is 8.64. The van der Waals surface area contributed by atoms with E-state index in [4.69, 9.17) is 5.73 Å². The number of hydrogen-bond acceptors (Lipinski definition) is 4. The zero-order chi connectivity index (χ0) is 19.4. The van der Waals surface area contributed by atoms with Crippen LogP contribution in [0.2, 0.25) is 0 Å². The maximum atomic E-state index is 12.6. The molecule has 1 aliphatic heterocycles. The van der Waals surface area contributed by atoms with Gasteiger partial charge in [0.1, 0.15) is 12.2 Å². The van der Waals surface area contributed by atoms with Crippen molar-refractivity contribution < 1.29 is 18.4 Å². The molecule has 3 rings (SSSR count). The van der Waals surface area contributed by atoms with Gasteiger partial charge in [-0.05, 0) is 23.8 Å². The maximum Gasteiger partial charge on any atom is 0.272 e. The number of carbonyl (C=O) groups excluding carboxylic acids is 2. The number of amides is 2. The first-order valence-corrected chi connectivity index (χ1v) is 8.64. The average Bonchev–Trinajstić information content (AvgIpc) is 3.09. The van der Waals surface area contributed by atoms with Crippen LogP contribution in [0.4, 0.5) is 8.78 Å². The Bertz CT molecular complexity index is 816. The van der Waals surface area contributed by atoms with Gasteiger partial charge in [-0.15, -0.1) is 0 Å². The summed E-state index contributed by atoms with van der Waals surface area (Å²) in [6.07, 6.45) is -1.21. The van der Waals surface area contributed by atoms with E-state index in [1.165, 1.54) is 12.3 Å². The van der Waals surface area contributed by atoms with Crippen LogP contribution in [0.5, 0.6) is 0 Å². The fraction of sp³-hybridized carbons (Fsp3) is 0.389. The highest BCUT2D eigenvalue weighted by Crippen LogP contribution is 2.13. The highest BCUT2D eigenvalue weighted by atomic mass is 19.3. The van der Waals surface area contributed by atoms with Gasteiger partial charge in [0.15, 0.2) is 0 Å². The van der Waals surface area contributed by atoms with Crippen LogP contribution in [-0.2, 0) is 13.1 Å². The molecule has 0 atom stereocenters. The van der Waals surface area contributed by atoms with Gasteiger partial charge < -0.3 is 10.6 Å². The minimum absolute atomic E-state index is 0.179. The summed E-state index contributed by atoms with van der Waals surface area (Å²) in [7, 11) is 0. The van der Waals surface area contributed by atoms with Crippen LogP contribution in [-0.4, -0.2) is 64.0 Å². The summed E-state index contributed by atoms with van der Waals surface area (Å²) >= 11 is 0. The summed E-state index contributed by atoms with van der Waals surface area (Å²) in [6, 6.07) is 8.62. The second-order valence-electron chi connectivity index (χ2n) is 6.42. The molecule has 0 saturated carbocycles. The Morgan fingerprint density at radius 2 is 1.89 bits per heavy atom. The van der Waals surface area contributed by atoms with E-state index in [0.29, 0.717) is 38.3 Å². The predicted octanol–water partition coefficient (Wildman–Crippen LogP) is 1.21. The smallest absolute Gasteiger partial charge is 0.272 e. The van der Waals surface area contributed by atoms with Crippen LogP contribution in [0.1, 0.15) is 26.4 Å². The number of nitrogens with zero attached hydrogens (tertiary/aromatic N) is 4. The topological polar surface area (TPSA) is 84.5 Å². The minimum Gasteiger partial charge on any atom is -0.366 e. The summed E-state index contributed by atoms with van der Waals surface area (Å²) in [4.78, 5) is 27.7. The van der Waals surface area contributed by atoms with Crippen molar-refractivity contribution >= 4 is 11.8 Å². The molecular formula is C18H21F2N5O2. The van der Waals surface area contributed by atoms with Crippen LogP contribution in [0, 0.1) is 0 Å². The summed E-state index contributed by atoms with van der Waals surface area (Å²) in [5.41, 5.74) is 6.92. The lowest BCUT2D eigenvalue weighted by molar-refractivity contribution is 0.0606. The number of primary amides is 1. The summed E-state index contributed by atoms with van der Waals surface area (Å²) in [6.45, 7) is 2.34. The molecule has 144 valence electrons. The first-order chi connectivity index (χ1) is 12.9. The highest BCUT2D eigenvalue weighted by Gasteiger charge is 2.25. The Morgan fingerprint density at radius 3 is 2.56 bits per heavy atom. The zero-order valence-corrected chi connectivity index (χ0v) is 14.7. The predicted molar refractivity (Wildman–Crippen MR) is 94.4 cm³/mol. The van der Waals surface area contributed by atoms with Crippen LogP contribution < -0.4 is 5.73 Å². The highest BCUT2D eigenvalue weighted by molar-refractivity contribution is 5.93. The molecule has 0 radical (unpaired) electrons. The van der Waals surface area contributed by atoms with E-state index in [1.807, 2.05) is 6.07 Å². The number of benzene rings is 1. The van der Waals surface area contributed by atoms with E-state index in [1.54, 1.807) is 23.1 Å². The largest absolute Gasteiger partial charge is 0.366 e. The lowest BCUT2D eigenvalue weighted by Gasteiger charge is -2.34. The van der Waals surface area contributed by atoms with Gasteiger partial charge in [0.25, 0.3) is 12.3 Å². The molecule has 1 aromatic carbocycles. The van der Waals surface area contributed by atoms with E-state index >= 15 is 0 Å². The third-order valence-corrected chi connectivity index (χ3v) is 4.52. The number of nitrogens with two attached hydrogens (primary N) is 1. The second-order valence-corrected chi connectivity index (χ2v) is 6.42. The van der Waals surface area contributed by atoms with Crippen molar-refractivity contribution in [3.05, 3.63) is 53.3 Å². The van der Waals surface area contributed by atoms with Gasteiger partial charge in [0.05, 0.1) is 0 Å². The molecule has 1 aromatic heterocycles. The summed E-state index contributed by atoms with van der Waals surface area (Å²) in [5.74, 6) is -0.754. The molecule has 0 spiro atoms. The quantitative estimate of drug-likeness (QED) is 0.820. The maximum absolute atomic E-state index is 12.6. The fourth-order valence-electron chi connectivity index (χ4n) is 3.14. The molecule has 2 N–H and O–H groups in total. The van der Waals surface area contributed by atoms with Crippen LogP contribution in [0.15, 0.2) is 36.5 Å². The Labute approximate surface area is 155 Å². The molecule has 2 amide bonds. The SMILES string of the molecule is NC(=O)c1cccc(CN2CCN(C(=O)c3ccnn3CC(F)F)CC2)c1. The van der Waals surface area contributed by atoms with Crippen molar-refractivity contribution in [3.8, 4) is 0 Å². The molecule has 1 fully saturated rings. The molecule has 0 unspecified atom stereocenters. The van der Waals surface area contributed by atoms with Crippen molar-refractivity contribution in [2.45, 2.75) is 19.5 Å². The van der Waals surface area contributed by atoms with Crippen LogP contribution >= 0.6 is 0 Å². The normalized spacial score (nSPS) is 15.3. The molecule has 1 aliphatic rings. The van der Waals surface area contributed by atoms with Gasteiger partial charge in [0, 0.05) is 44.5 Å². The fourth-order valence-corrected chi connectivity index (χ4v) is 3.14. The minimum atomic E-state index is -2.57. The summed E-state index contributed by atoms with van der Waals surface area (Å²) < 4.78 is 26.2. The van der Waals surface area contributed by atoms with Crippen LogP contribution in [0.3, 0.4) is 0 Å². The molecule has 9 heteroatoms. The van der Waals surface area contributed by atoms with E-state index in [9.17, 15) is 18.4 Å². The van der Waals surface area contributed by atoms with Crippen molar-refractivity contribution in [2.75, 3.05) is 26.2 Å². The van der Waals surface area contributed by atoms with E-state index in [-0.39, 0.29) is 11.6 Å². The van der Waals surface area contributed by atoms with E-state index in [2.05, 4.69) is 10.00 Å². The van der Waals surface area contributed by atoms with Gasteiger partial charge in [-0.2, -0.15) is 5.10 Å². The average molecular weight is 377 g/mol. The standard InChI is InChI=1S/C18H21F2N5O2/c19-16(20)12-25-15(4-5-22-25)18(27)24-8-6-23(7-9-24)11-13-2-1-3-14(10-13)17(21)26/h1-5,10,16H,6-9,11-12H2,(H2,21,26). The first kappa shape index (κ1) is 19.0. The van der Waals surface area contributed by atoms with Gasteiger partial charge in [-0.3, -0.25) is 19.2 Å². The second kappa shape index (κ2) is 8.26. The van der Waals surface area contributed by atoms with E-state index in [0.717, 1.165) is 10.2 Å². The molecule has 1 saturated heterocycles. The van der Waals surface area contributed by atoms with E-state index < -0.39 is 18.9 Å². The lowest BCUT2D eigenvalue weighted by Crippen LogP contribution is -2.48. The number of alkyl halides is 2. The summed E-state index contributed by atoms with van der Waals surface area (Å²) in [5, 5.41) is 3.81. The van der Waals surface area contributed by atoms with Crippen molar-refractivity contribution in [1.82, 2.24) is 19.6 Å². The zero-order valence-electron chi connectivity index (χ0n) is 14.7.